The van der Waals surface area contributed by atoms with Gasteiger partial charge in [-0.15, -0.1) is 10.2 Å². The Morgan fingerprint density at radius 1 is 1.11 bits per heavy atom. The highest BCUT2D eigenvalue weighted by Gasteiger charge is 2.28. The first-order valence-corrected chi connectivity index (χ1v) is 6.59. The second kappa shape index (κ2) is 5.55. The highest BCUT2D eigenvalue weighted by Crippen LogP contribution is 2.18. The Morgan fingerprint density at radius 3 is 2.58 bits per heavy atom. The van der Waals surface area contributed by atoms with Crippen molar-refractivity contribution in [1.29, 1.82) is 0 Å². The van der Waals surface area contributed by atoms with Gasteiger partial charge in [0.1, 0.15) is 6.10 Å². The lowest BCUT2D eigenvalue weighted by Gasteiger charge is -2.38. The molecule has 3 rings (SSSR count). The van der Waals surface area contributed by atoms with Crippen LogP contribution in [0, 0.1) is 0 Å². The van der Waals surface area contributed by atoms with E-state index in [1.54, 1.807) is 12.1 Å². The van der Waals surface area contributed by atoms with E-state index in [1.165, 1.54) is 5.56 Å². The van der Waals surface area contributed by atoms with Gasteiger partial charge in [0, 0.05) is 25.7 Å². The zero-order valence-corrected chi connectivity index (χ0v) is 11.1. The quantitative estimate of drug-likeness (QED) is 0.859. The molecule has 0 N–H and O–H groups in total. The number of likely N-dealkylation sites (tertiary alicyclic amines) is 1. The third kappa shape index (κ3) is 3.22. The minimum Gasteiger partial charge on any atom is -0.471 e. The molecule has 0 spiro atoms. The van der Waals surface area contributed by atoms with Gasteiger partial charge in [-0.3, -0.25) is 4.90 Å². The van der Waals surface area contributed by atoms with Gasteiger partial charge in [-0.2, -0.15) is 0 Å². The second-order valence-corrected chi connectivity index (χ2v) is 5.00. The third-order valence-corrected chi connectivity index (χ3v) is 3.27. The molecule has 1 aliphatic rings. The lowest BCUT2D eigenvalue weighted by atomic mass is 10.1. The van der Waals surface area contributed by atoms with Crippen molar-refractivity contribution in [2.45, 2.75) is 12.6 Å². The molecule has 0 unspecified atom stereocenters. The maximum atomic E-state index is 5.70. The third-order valence-electron chi connectivity index (χ3n) is 3.07. The second-order valence-electron chi connectivity index (χ2n) is 4.61. The largest absolute Gasteiger partial charge is 0.471 e. The number of benzene rings is 1. The fourth-order valence-corrected chi connectivity index (χ4v) is 2.21. The van der Waals surface area contributed by atoms with E-state index < -0.39 is 0 Å². The predicted octanol–water partition coefficient (Wildman–Crippen LogP) is 2.39. The molecule has 0 saturated carbocycles. The molecule has 19 heavy (non-hydrogen) atoms. The number of aromatic nitrogens is 2. The molecular weight excluding hydrogens is 262 g/mol. The molecular formula is C14H14ClN3O. The summed E-state index contributed by atoms with van der Waals surface area (Å²) in [6.45, 7) is 2.80. The molecule has 0 radical (unpaired) electrons. The fraction of sp³-hybridized carbons (Fsp3) is 0.286. The summed E-state index contributed by atoms with van der Waals surface area (Å²) >= 11 is 5.67. The first-order valence-electron chi connectivity index (χ1n) is 6.22. The van der Waals surface area contributed by atoms with Gasteiger partial charge in [0.15, 0.2) is 5.15 Å². The Kier molecular flexibility index (Phi) is 3.62. The van der Waals surface area contributed by atoms with Crippen molar-refractivity contribution in [1.82, 2.24) is 15.1 Å². The van der Waals surface area contributed by atoms with E-state index in [0.717, 1.165) is 19.6 Å². The average Bonchev–Trinajstić information content (AvgIpc) is 2.40. The van der Waals surface area contributed by atoms with E-state index in [0.29, 0.717) is 11.0 Å². The Labute approximate surface area is 117 Å². The smallest absolute Gasteiger partial charge is 0.233 e. The summed E-state index contributed by atoms with van der Waals surface area (Å²) < 4.78 is 5.70. The molecule has 1 aromatic heterocycles. The number of ether oxygens (including phenoxy) is 1. The van der Waals surface area contributed by atoms with Crippen LogP contribution in [-0.2, 0) is 6.54 Å². The number of nitrogens with zero attached hydrogens (tertiary/aromatic N) is 3. The van der Waals surface area contributed by atoms with Crippen molar-refractivity contribution in [3.63, 3.8) is 0 Å². The number of halogens is 1. The summed E-state index contributed by atoms with van der Waals surface area (Å²) in [6.07, 6.45) is 0.194. The molecule has 0 atom stereocenters. The molecule has 2 aromatic rings. The predicted molar refractivity (Wildman–Crippen MR) is 73.2 cm³/mol. The first-order chi connectivity index (χ1) is 9.29. The minimum absolute atomic E-state index is 0.194. The van der Waals surface area contributed by atoms with E-state index in [9.17, 15) is 0 Å². The van der Waals surface area contributed by atoms with Crippen molar-refractivity contribution in [2.75, 3.05) is 13.1 Å². The maximum absolute atomic E-state index is 5.70. The molecule has 0 bridgehead atoms. The van der Waals surface area contributed by atoms with Gasteiger partial charge in [-0.05, 0) is 11.6 Å². The van der Waals surface area contributed by atoms with Crippen LogP contribution in [0.1, 0.15) is 5.56 Å². The molecule has 1 aromatic carbocycles. The molecule has 4 nitrogen and oxygen atoms in total. The van der Waals surface area contributed by atoms with Gasteiger partial charge in [-0.25, -0.2) is 0 Å². The minimum atomic E-state index is 0.194. The van der Waals surface area contributed by atoms with Crippen LogP contribution < -0.4 is 4.74 Å². The van der Waals surface area contributed by atoms with Crippen LogP contribution >= 0.6 is 11.6 Å². The van der Waals surface area contributed by atoms with Crippen LogP contribution in [-0.4, -0.2) is 34.3 Å². The lowest BCUT2D eigenvalue weighted by Crippen LogP contribution is -2.53. The Morgan fingerprint density at radius 2 is 1.89 bits per heavy atom. The topological polar surface area (TPSA) is 38.2 Å². The zero-order valence-electron chi connectivity index (χ0n) is 10.4. The summed E-state index contributed by atoms with van der Waals surface area (Å²) in [6, 6.07) is 13.9. The van der Waals surface area contributed by atoms with Crippen molar-refractivity contribution in [3.8, 4) is 5.88 Å². The number of hydrogen-bond acceptors (Lipinski definition) is 4. The van der Waals surface area contributed by atoms with Gasteiger partial charge in [0.25, 0.3) is 0 Å². The molecule has 0 aliphatic carbocycles. The van der Waals surface area contributed by atoms with Crippen LogP contribution in [0.2, 0.25) is 5.15 Å². The van der Waals surface area contributed by atoms with Gasteiger partial charge in [0.2, 0.25) is 5.88 Å². The Bertz CT molecular complexity index is 526. The maximum Gasteiger partial charge on any atom is 0.233 e. The number of hydrogen-bond donors (Lipinski definition) is 0. The molecule has 5 heteroatoms. The molecule has 98 valence electrons. The van der Waals surface area contributed by atoms with E-state index in [4.69, 9.17) is 16.3 Å². The molecule has 1 fully saturated rings. The summed E-state index contributed by atoms with van der Waals surface area (Å²) in [5.74, 6) is 0.536. The van der Waals surface area contributed by atoms with Crippen molar-refractivity contribution in [3.05, 3.63) is 53.2 Å². The van der Waals surface area contributed by atoms with Crippen LogP contribution in [0.5, 0.6) is 5.88 Å². The van der Waals surface area contributed by atoms with E-state index >= 15 is 0 Å². The van der Waals surface area contributed by atoms with Crippen LogP contribution in [0.3, 0.4) is 0 Å². The van der Waals surface area contributed by atoms with E-state index in [1.807, 2.05) is 6.07 Å². The van der Waals surface area contributed by atoms with E-state index in [2.05, 4.69) is 39.4 Å². The summed E-state index contributed by atoms with van der Waals surface area (Å²) in [4.78, 5) is 2.34. The van der Waals surface area contributed by atoms with Gasteiger partial charge >= 0.3 is 0 Å². The van der Waals surface area contributed by atoms with Gasteiger partial charge < -0.3 is 4.74 Å². The first kappa shape index (κ1) is 12.4. The summed E-state index contributed by atoms with van der Waals surface area (Å²) in [7, 11) is 0. The van der Waals surface area contributed by atoms with Gasteiger partial charge in [0.05, 0.1) is 0 Å². The summed E-state index contributed by atoms with van der Waals surface area (Å²) in [5.41, 5.74) is 1.33. The van der Waals surface area contributed by atoms with Crippen molar-refractivity contribution < 1.29 is 4.74 Å². The Hall–Kier alpha value is -1.65. The normalized spacial score (nSPS) is 16.1. The summed E-state index contributed by atoms with van der Waals surface area (Å²) in [5, 5.41) is 8.02. The van der Waals surface area contributed by atoms with Gasteiger partial charge in [-0.1, -0.05) is 41.9 Å². The van der Waals surface area contributed by atoms with Crippen LogP contribution in [0.25, 0.3) is 0 Å². The van der Waals surface area contributed by atoms with Crippen molar-refractivity contribution >= 4 is 11.6 Å². The molecule has 2 heterocycles. The zero-order chi connectivity index (χ0) is 13.1. The molecule has 1 saturated heterocycles. The monoisotopic (exact) mass is 275 g/mol. The SMILES string of the molecule is Clc1ccc(OC2CN(Cc3ccccc3)C2)nn1. The van der Waals surface area contributed by atoms with Crippen molar-refractivity contribution in [2.24, 2.45) is 0 Å². The highest BCUT2D eigenvalue weighted by atomic mass is 35.5. The van der Waals surface area contributed by atoms with E-state index in [-0.39, 0.29) is 6.10 Å². The fourth-order valence-electron chi connectivity index (χ4n) is 2.11. The Balaban J connectivity index is 1.47. The molecule has 0 amide bonds. The number of rotatable bonds is 4. The highest BCUT2D eigenvalue weighted by molar-refractivity contribution is 6.29. The standard InChI is InChI=1S/C14H14ClN3O/c15-13-6-7-14(17-16-13)19-12-9-18(10-12)8-11-4-2-1-3-5-11/h1-7,12H,8-10H2. The lowest BCUT2D eigenvalue weighted by molar-refractivity contribution is 0.0113. The average molecular weight is 276 g/mol. The van der Waals surface area contributed by atoms with Crippen LogP contribution in [0.15, 0.2) is 42.5 Å². The molecule has 1 aliphatic heterocycles. The van der Waals surface area contributed by atoms with Crippen LogP contribution in [0.4, 0.5) is 0 Å².